The van der Waals surface area contributed by atoms with Crippen molar-refractivity contribution in [2.75, 3.05) is 6.61 Å². The summed E-state index contributed by atoms with van der Waals surface area (Å²) >= 11 is 1.81. The summed E-state index contributed by atoms with van der Waals surface area (Å²) in [5, 5.41) is 0. The van der Waals surface area contributed by atoms with Crippen LogP contribution in [0.1, 0.15) is 44.5 Å². The monoisotopic (exact) mass is 590 g/mol. The first-order valence-corrected chi connectivity index (χ1v) is 12.0. The van der Waals surface area contributed by atoms with Crippen LogP contribution in [0.3, 0.4) is 0 Å². The number of aryl methyl sites for hydroxylation is 2. The van der Waals surface area contributed by atoms with E-state index >= 15 is 0 Å². The van der Waals surface area contributed by atoms with Crippen LogP contribution in [-0.2, 0) is 14.2 Å². The molecule has 0 spiro atoms. The minimum absolute atomic E-state index is 0.131. The second kappa shape index (κ2) is 10.6. The lowest BCUT2D eigenvalue weighted by Gasteiger charge is -2.19. The molecule has 182 valence electrons. The van der Waals surface area contributed by atoms with Gasteiger partial charge in [-0.1, -0.05) is 35.4 Å². The molecule has 0 amide bonds. The molecule has 1 aliphatic heterocycles. The van der Waals surface area contributed by atoms with Crippen molar-refractivity contribution in [3.8, 4) is 0 Å². The summed E-state index contributed by atoms with van der Waals surface area (Å²) in [6, 6.07) is 13.8. The molecule has 2 aromatic carbocycles. The Bertz CT molecular complexity index is 1350. The predicted molar refractivity (Wildman–Crippen MR) is 134 cm³/mol. The Hall–Kier alpha value is -3.25. The third-order valence-corrected chi connectivity index (χ3v) is 6.40. The van der Waals surface area contributed by atoms with E-state index in [0.29, 0.717) is 14.7 Å². The summed E-state index contributed by atoms with van der Waals surface area (Å²) in [5.74, 6) is -1.10. The number of aromatic nitrogens is 2. The Morgan fingerprint density at radius 2 is 1.57 bits per heavy atom. The van der Waals surface area contributed by atoms with Crippen LogP contribution in [0.15, 0.2) is 64.3 Å². The highest BCUT2D eigenvalue weighted by atomic mass is 127. The predicted octanol–water partition coefficient (Wildman–Crippen LogP) is 3.13. The van der Waals surface area contributed by atoms with Crippen molar-refractivity contribution in [2.24, 2.45) is 0 Å². The minimum atomic E-state index is -0.827. The molecular weight excluding hydrogens is 567 g/mol. The van der Waals surface area contributed by atoms with Gasteiger partial charge in [0.2, 0.25) is 0 Å². The van der Waals surface area contributed by atoms with Crippen molar-refractivity contribution in [1.29, 1.82) is 0 Å². The van der Waals surface area contributed by atoms with Crippen molar-refractivity contribution in [3.63, 3.8) is 0 Å². The molecule has 0 saturated carbocycles. The van der Waals surface area contributed by atoms with Gasteiger partial charge < -0.3 is 14.2 Å². The molecule has 9 nitrogen and oxygen atoms in total. The first-order chi connectivity index (χ1) is 16.7. The number of nitrogens with zero attached hydrogens (tertiary/aromatic N) is 1. The number of carbonyl (C=O) groups excluding carboxylic acids is 2. The SMILES string of the molecule is Cc1ccc(C(=O)OC[C@H]2O[C@@H](n3cc(I)c(=O)[nH]c3=O)C[C@@H]2OC(=O)c2ccc(C)cc2)cc1. The zero-order valence-corrected chi connectivity index (χ0v) is 21.2. The van der Waals surface area contributed by atoms with Crippen LogP contribution >= 0.6 is 22.6 Å². The van der Waals surface area contributed by atoms with Crippen molar-refractivity contribution in [2.45, 2.75) is 38.7 Å². The number of aromatic amines is 1. The maximum atomic E-state index is 12.8. The summed E-state index contributed by atoms with van der Waals surface area (Å²) in [6.07, 6.45) is -0.929. The van der Waals surface area contributed by atoms with Crippen LogP contribution in [0.25, 0.3) is 0 Å². The van der Waals surface area contributed by atoms with Gasteiger partial charge in [0.1, 0.15) is 25.0 Å². The van der Waals surface area contributed by atoms with Crippen LogP contribution in [-0.4, -0.2) is 40.3 Å². The first-order valence-electron chi connectivity index (χ1n) is 10.9. The number of rotatable bonds is 6. The fraction of sp³-hybridized carbons (Fsp3) is 0.280. The molecular formula is C25H23IN2O7. The Morgan fingerprint density at radius 3 is 2.17 bits per heavy atom. The molecule has 1 aromatic heterocycles. The zero-order chi connectivity index (χ0) is 25.1. The Morgan fingerprint density at radius 1 is 1.00 bits per heavy atom. The van der Waals surface area contributed by atoms with E-state index < -0.39 is 41.6 Å². The molecule has 3 aromatic rings. The van der Waals surface area contributed by atoms with Gasteiger partial charge in [0, 0.05) is 12.6 Å². The number of carbonyl (C=O) groups is 2. The summed E-state index contributed by atoms with van der Waals surface area (Å²) in [7, 11) is 0. The number of benzene rings is 2. The van der Waals surface area contributed by atoms with E-state index in [1.54, 1.807) is 48.5 Å². The molecule has 1 fully saturated rings. The molecule has 2 heterocycles. The van der Waals surface area contributed by atoms with E-state index in [1.807, 2.05) is 36.4 Å². The van der Waals surface area contributed by atoms with E-state index in [1.165, 1.54) is 10.8 Å². The van der Waals surface area contributed by atoms with Crippen molar-refractivity contribution in [1.82, 2.24) is 9.55 Å². The lowest BCUT2D eigenvalue weighted by atomic mass is 10.1. The van der Waals surface area contributed by atoms with E-state index in [4.69, 9.17) is 14.2 Å². The van der Waals surface area contributed by atoms with Gasteiger partial charge in [-0.15, -0.1) is 0 Å². The van der Waals surface area contributed by atoms with Gasteiger partial charge in [-0.05, 0) is 60.7 Å². The summed E-state index contributed by atoms with van der Waals surface area (Å²) < 4.78 is 18.7. The highest BCUT2D eigenvalue weighted by Crippen LogP contribution is 2.31. The topological polar surface area (TPSA) is 117 Å². The number of halogens is 1. The number of H-pyrrole nitrogens is 1. The molecule has 4 rings (SSSR count). The van der Waals surface area contributed by atoms with Crippen LogP contribution in [0, 0.1) is 17.4 Å². The molecule has 0 bridgehead atoms. The highest BCUT2D eigenvalue weighted by Gasteiger charge is 2.40. The first kappa shape index (κ1) is 24.9. The number of ether oxygens (including phenoxy) is 3. The number of esters is 2. The van der Waals surface area contributed by atoms with Crippen molar-refractivity contribution in [3.05, 3.63) is 101 Å². The maximum Gasteiger partial charge on any atom is 0.338 e. The van der Waals surface area contributed by atoms with Crippen molar-refractivity contribution >= 4 is 34.5 Å². The molecule has 0 unspecified atom stereocenters. The van der Waals surface area contributed by atoms with Gasteiger partial charge in [0.15, 0.2) is 0 Å². The molecule has 35 heavy (non-hydrogen) atoms. The van der Waals surface area contributed by atoms with Crippen LogP contribution in [0.4, 0.5) is 0 Å². The molecule has 1 saturated heterocycles. The van der Waals surface area contributed by atoms with E-state index in [9.17, 15) is 19.2 Å². The van der Waals surface area contributed by atoms with Gasteiger partial charge >= 0.3 is 17.6 Å². The molecule has 10 heteroatoms. The minimum Gasteiger partial charge on any atom is -0.459 e. The normalized spacial score (nSPS) is 19.3. The zero-order valence-electron chi connectivity index (χ0n) is 19.0. The Balaban J connectivity index is 1.53. The third-order valence-electron chi connectivity index (χ3n) is 5.63. The third kappa shape index (κ3) is 5.88. The maximum absolute atomic E-state index is 12.8. The van der Waals surface area contributed by atoms with Crippen LogP contribution in [0.5, 0.6) is 0 Å². The summed E-state index contributed by atoms with van der Waals surface area (Å²) in [5.41, 5.74) is 1.60. The number of hydrogen-bond donors (Lipinski definition) is 1. The summed E-state index contributed by atoms with van der Waals surface area (Å²) in [6.45, 7) is 3.63. The molecule has 0 aliphatic carbocycles. The van der Waals surface area contributed by atoms with E-state index in [-0.39, 0.29) is 13.0 Å². The average Bonchev–Trinajstić information content (AvgIpc) is 3.22. The van der Waals surface area contributed by atoms with Gasteiger partial charge in [-0.25, -0.2) is 14.4 Å². The largest absolute Gasteiger partial charge is 0.459 e. The van der Waals surface area contributed by atoms with E-state index in [2.05, 4.69) is 4.98 Å². The van der Waals surface area contributed by atoms with Gasteiger partial charge in [-0.3, -0.25) is 14.3 Å². The molecule has 1 aliphatic rings. The van der Waals surface area contributed by atoms with E-state index in [0.717, 1.165) is 11.1 Å². The number of hydrogen-bond acceptors (Lipinski definition) is 7. The van der Waals surface area contributed by atoms with Crippen LogP contribution < -0.4 is 11.2 Å². The molecule has 0 radical (unpaired) electrons. The average molecular weight is 590 g/mol. The van der Waals surface area contributed by atoms with Crippen molar-refractivity contribution < 1.29 is 23.8 Å². The Kier molecular flexibility index (Phi) is 7.51. The standard InChI is InChI=1S/C25H23IN2O7/c1-14-3-7-16(8-4-14)23(30)33-13-20-19(35-24(31)17-9-5-15(2)6-10-17)11-21(34-20)28-12-18(26)22(29)27-25(28)32/h3-10,12,19-21H,11,13H2,1-2H3,(H,27,29,32)/t19-,20+,21+/m0/s1. The number of nitrogens with one attached hydrogen (secondary N) is 1. The quantitative estimate of drug-likeness (QED) is 0.347. The highest BCUT2D eigenvalue weighted by molar-refractivity contribution is 14.1. The van der Waals surface area contributed by atoms with Gasteiger partial charge in [-0.2, -0.15) is 0 Å². The second-order valence-electron chi connectivity index (χ2n) is 8.28. The fourth-order valence-corrected chi connectivity index (χ4v) is 4.08. The fourth-order valence-electron chi connectivity index (χ4n) is 3.65. The second-order valence-corrected chi connectivity index (χ2v) is 9.44. The molecule has 1 N–H and O–H groups in total. The lowest BCUT2D eigenvalue weighted by Crippen LogP contribution is -2.34. The van der Waals surface area contributed by atoms with Gasteiger partial charge in [0.05, 0.1) is 14.7 Å². The Labute approximate surface area is 214 Å². The smallest absolute Gasteiger partial charge is 0.338 e. The molecule has 3 atom stereocenters. The summed E-state index contributed by atoms with van der Waals surface area (Å²) in [4.78, 5) is 51.6. The van der Waals surface area contributed by atoms with Gasteiger partial charge in [0.25, 0.3) is 5.56 Å². The van der Waals surface area contributed by atoms with Crippen LogP contribution in [0.2, 0.25) is 0 Å². The lowest BCUT2D eigenvalue weighted by molar-refractivity contribution is -0.0583.